The molecule has 172 valence electrons. The predicted octanol–water partition coefficient (Wildman–Crippen LogP) is 5.86. The molecule has 0 aromatic heterocycles. The van der Waals surface area contributed by atoms with Crippen molar-refractivity contribution in [3.8, 4) is 0 Å². The van der Waals surface area contributed by atoms with Crippen molar-refractivity contribution >= 4 is 46.8 Å². The molecule has 0 aliphatic carbocycles. The second-order valence-corrected chi connectivity index (χ2v) is 9.48. The molecule has 0 radical (unpaired) electrons. The lowest BCUT2D eigenvalue weighted by Crippen LogP contribution is -2.49. The molecular formula is C26H26Cl2N2O2S. The molecule has 1 N–H and O–H groups in total. The van der Waals surface area contributed by atoms with E-state index < -0.39 is 6.04 Å². The summed E-state index contributed by atoms with van der Waals surface area (Å²) in [6, 6.07) is 24.3. The highest BCUT2D eigenvalue weighted by atomic mass is 35.5. The van der Waals surface area contributed by atoms with Crippen LogP contribution in [0.25, 0.3) is 0 Å². The maximum absolute atomic E-state index is 13.4. The third-order valence-corrected chi connectivity index (χ3v) is 6.94. The Labute approximate surface area is 209 Å². The summed E-state index contributed by atoms with van der Waals surface area (Å²) in [5.74, 6) is 0.323. The fourth-order valence-corrected chi connectivity index (χ4v) is 4.65. The second-order valence-electron chi connectivity index (χ2n) is 7.50. The van der Waals surface area contributed by atoms with Gasteiger partial charge in [0.25, 0.3) is 0 Å². The van der Waals surface area contributed by atoms with Crippen LogP contribution in [-0.4, -0.2) is 35.6 Å². The Morgan fingerprint density at radius 3 is 2.21 bits per heavy atom. The van der Waals surface area contributed by atoms with Crippen molar-refractivity contribution in [2.45, 2.75) is 30.3 Å². The molecule has 0 fully saturated rings. The van der Waals surface area contributed by atoms with Crippen LogP contribution in [0, 0.1) is 0 Å². The molecule has 7 heteroatoms. The fourth-order valence-electron chi connectivity index (χ4n) is 3.47. The lowest BCUT2D eigenvalue weighted by Gasteiger charge is -2.31. The molecule has 33 heavy (non-hydrogen) atoms. The number of hydrogen-bond donors (Lipinski definition) is 1. The third kappa shape index (κ3) is 7.53. The number of thioether (sulfide) groups is 1. The quantitative estimate of drug-likeness (QED) is 0.354. The van der Waals surface area contributed by atoms with Crippen LogP contribution in [0.4, 0.5) is 0 Å². The number of carbonyl (C=O) groups is 2. The van der Waals surface area contributed by atoms with Crippen molar-refractivity contribution in [1.29, 1.82) is 0 Å². The molecule has 2 amide bonds. The van der Waals surface area contributed by atoms with Gasteiger partial charge in [0.15, 0.2) is 0 Å². The Bertz CT molecular complexity index is 1060. The van der Waals surface area contributed by atoms with Crippen molar-refractivity contribution < 1.29 is 9.59 Å². The Hall–Kier alpha value is -2.47. The first-order chi connectivity index (χ1) is 16.0. The first kappa shape index (κ1) is 25.2. The van der Waals surface area contributed by atoms with Gasteiger partial charge in [-0.15, -0.1) is 11.8 Å². The minimum Gasteiger partial charge on any atom is -0.357 e. The van der Waals surface area contributed by atoms with Crippen molar-refractivity contribution in [2.24, 2.45) is 0 Å². The highest BCUT2D eigenvalue weighted by Gasteiger charge is 2.29. The lowest BCUT2D eigenvalue weighted by atomic mass is 10.0. The summed E-state index contributed by atoms with van der Waals surface area (Å²) in [5.41, 5.74) is 1.80. The number of nitrogens with zero attached hydrogens (tertiary/aromatic N) is 1. The van der Waals surface area contributed by atoms with Gasteiger partial charge in [0.05, 0.1) is 10.0 Å². The molecule has 0 aliphatic rings. The molecule has 4 nitrogen and oxygen atoms in total. The highest BCUT2D eigenvalue weighted by molar-refractivity contribution is 7.99. The van der Waals surface area contributed by atoms with Crippen molar-refractivity contribution in [3.63, 3.8) is 0 Å². The minimum absolute atomic E-state index is 0.0889. The monoisotopic (exact) mass is 500 g/mol. The standard InChI is InChI=1S/C26H26Cl2N2O2S/c1-29-26(32)24(17-19-8-4-2-5-9-19)30(18-20-12-13-22(27)23(28)16-20)25(31)14-15-33-21-10-6-3-7-11-21/h2-13,16,24H,14-15,17-18H2,1H3,(H,29,32)/t24-/m0/s1. The number of benzene rings is 3. The Kier molecular flexibility index (Phi) is 9.67. The summed E-state index contributed by atoms with van der Waals surface area (Å²) in [6.07, 6.45) is 0.725. The summed E-state index contributed by atoms with van der Waals surface area (Å²) < 4.78 is 0. The molecule has 0 saturated heterocycles. The Balaban J connectivity index is 1.83. The van der Waals surface area contributed by atoms with E-state index >= 15 is 0 Å². The van der Waals surface area contributed by atoms with Gasteiger partial charge in [-0.05, 0) is 35.4 Å². The normalized spacial score (nSPS) is 11.6. The zero-order chi connectivity index (χ0) is 23.6. The van der Waals surface area contributed by atoms with E-state index in [1.165, 1.54) is 0 Å². The van der Waals surface area contributed by atoms with Gasteiger partial charge >= 0.3 is 0 Å². The largest absolute Gasteiger partial charge is 0.357 e. The average Bonchev–Trinajstić information content (AvgIpc) is 2.84. The van der Waals surface area contributed by atoms with E-state index in [4.69, 9.17) is 23.2 Å². The fraction of sp³-hybridized carbons (Fsp3) is 0.231. The third-order valence-electron chi connectivity index (χ3n) is 5.18. The zero-order valence-corrected chi connectivity index (χ0v) is 20.7. The Morgan fingerprint density at radius 2 is 1.58 bits per heavy atom. The first-order valence-electron chi connectivity index (χ1n) is 10.6. The van der Waals surface area contributed by atoms with Crippen molar-refractivity contribution in [2.75, 3.05) is 12.8 Å². The molecular weight excluding hydrogens is 475 g/mol. The van der Waals surface area contributed by atoms with Crippen LogP contribution in [0.1, 0.15) is 17.5 Å². The number of amides is 2. The summed E-state index contributed by atoms with van der Waals surface area (Å²) in [5, 5.41) is 3.59. The Morgan fingerprint density at radius 1 is 0.909 bits per heavy atom. The number of hydrogen-bond acceptors (Lipinski definition) is 3. The summed E-state index contributed by atoms with van der Waals surface area (Å²) >= 11 is 13.9. The predicted molar refractivity (Wildman–Crippen MR) is 137 cm³/mol. The summed E-state index contributed by atoms with van der Waals surface area (Å²) in [6.45, 7) is 0.261. The van der Waals surface area contributed by atoms with Gasteiger partial charge in [0.1, 0.15) is 6.04 Å². The molecule has 0 heterocycles. The number of rotatable bonds is 10. The van der Waals surface area contributed by atoms with Crippen LogP contribution in [-0.2, 0) is 22.6 Å². The minimum atomic E-state index is -0.652. The van der Waals surface area contributed by atoms with E-state index in [1.54, 1.807) is 35.8 Å². The molecule has 3 aromatic carbocycles. The van der Waals surface area contributed by atoms with E-state index in [-0.39, 0.29) is 18.4 Å². The molecule has 1 atom stereocenters. The molecule has 3 rings (SSSR count). The lowest BCUT2D eigenvalue weighted by molar-refractivity contribution is -0.140. The summed E-state index contributed by atoms with van der Waals surface area (Å²) in [7, 11) is 1.59. The van der Waals surface area contributed by atoms with E-state index in [2.05, 4.69) is 5.32 Å². The van der Waals surface area contributed by atoms with Gasteiger partial charge in [-0.25, -0.2) is 0 Å². The highest BCUT2D eigenvalue weighted by Crippen LogP contribution is 2.25. The van der Waals surface area contributed by atoms with Crippen LogP contribution < -0.4 is 5.32 Å². The SMILES string of the molecule is CNC(=O)[C@H](Cc1ccccc1)N(Cc1ccc(Cl)c(Cl)c1)C(=O)CCSc1ccccc1. The van der Waals surface area contributed by atoms with Crippen LogP contribution in [0.2, 0.25) is 10.0 Å². The van der Waals surface area contributed by atoms with Crippen LogP contribution in [0.15, 0.2) is 83.8 Å². The van der Waals surface area contributed by atoms with Gasteiger partial charge in [0.2, 0.25) is 11.8 Å². The van der Waals surface area contributed by atoms with Crippen molar-refractivity contribution in [3.05, 3.63) is 100 Å². The molecule has 0 aliphatic heterocycles. The van der Waals surface area contributed by atoms with Crippen LogP contribution >= 0.6 is 35.0 Å². The smallest absolute Gasteiger partial charge is 0.242 e. The van der Waals surface area contributed by atoms with Gasteiger partial charge < -0.3 is 10.2 Å². The number of carbonyl (C=O) groups excluding carboxylic acids is 2. The molecule has 0 unspecified atom stereocenters. The summed E-state index contributed by atoms with van der Waals surface area (Å²) in [4.78, 5) is 29.1. The van der Waals surface area contributed by atoms with Crippen molar-refractivity contribution in [1.82, 2.24) is 10.2 Å². The van der Waals surface area contributed by atoms with E-state index in [0.29, 0.717) is 28.6 Å². The number of halogens is 2. The maximum Gasteiger partial charge on any atom is 0.242 e. The van der Waals surface area contributed by atoms with Crippen LogP contribution in [0.3, 0.4) is 0 Å². The number of likely N-dealkylation sites (N-methyl/N-ethyl adjacent to an activating group) is 1. The van der Waals surface area contributed by atoms with E-state index in [0.717, 1.165) is 16.0 Å². The molecule has 0 spiro atoms. The van der Waals surface area contributed by atoms with E-state index in [9.17, 15) is 9.59 Å². The van der Waals surface area contributed by atoms with Crippen LogP contribution in [0.5, 0.6) is 0 Å². The number of nitrogens with one attached hydrogen (secondary N) is 1. The maximum atomic E-state index is 13.4. The van der Waals surface area contributed by atoms with Gasteiger partial charge in [0, 0.05) is 37.1 Å². The molecule has 0 saturated carbocycles. The van der Waals surface area contributed by atoms with Gasteiger partial charge in [-0.3, -0.25) is 9.59 Å². The second kappa shape index (κ2) is 12.7. The molecule has 3 aromatic rings. The van der Waals surface area contributed by atoms with Gasteiger partial charge in [-0.2, -0.15) is 0 Å². The zero-order valence-electron chi connectivity index (χ0n) is 18.3. The van der Waals surface area contributed by atoms with Gasteiger partial charge in [-0.1, -0.05) is 77.8 Å². The van der Waals surface area contributed by atoms with E-state index in [1.807, 2.05) is 66.7 Å². The topological polar surface area (TPSA) is 49.4 Å². The first-order valence-corrected chi connectivity index (χ1v) is 12.4. The average molecular weight is 501 g/mol. The molecule has 0 bridgehead atoms.